The van der Waals surface area contributed by atoms with E-state index in [-0.39, 0.29) is 10.8 Å². The highest BCUT2D eigenvalue weighted by Crippen LogP contribution is 2.21. The minimum absolute atomic E-state index is 0.247. The van der Waals surface area contributed by atoms with E-state index in [1.165, 1.54) is 19.1 Å². The third kappa shape index (κ3) is 5.20. The molecule has 1 amide bonds. The van der Waals surface area contributed by atoms with Gasteiger partial charge in [0.15, 0.2) is 9.84 Å². The monoisotopic (exact) mass is 380 g/mol. The average molecular weight is 381 g/mol. The Hall–Kier alpha value is -1.60. The van der Waals surface area contributed by atoms with Crippen molar-refractivity contribution in [2.45, 2.75) is 55.5 Å². The van der Waals surface area contributed by atoms with Crippen molar-refractivity contribution in [3.8, 4) is 5.75 Å². The number of hydrogen-bond donors (Lipinski definition) is 1. The molecule has 1 aromatic rings. The van der Waals surface area contributed by atoms with E-state index in [1.54, 1.807) is 24.3 Å². The second kappa shape index (κ2) is 8.39. The maximum atomic E-state index is 12.4. The number of nitrogens with zero attached hydrogens (tertiary/aromatic N) is 1. The fourth-order valence-electron chi connectivity index (χ4n) is 3.68. The van der Waals surface area contributed by atoms with Crippen molar-refractivity contribution in [3.05, 3.63) is 24.3 Å². The highest BCUT2D eigenvalue weighted by Gasteiger charge is 2.30. The van der Waals surface area contributed by atoms with Gasteiger partial charge in [0.05, 0.1) is 11.5 Å². The number of benzene rings is 1. The second-order valence-corrected chi connectivity index (χ2v) is 9.33. The van der Waals surface area contributed by atoms with Crippen LogP contribution in [0.25, 0.3) is 0 Å². The molecule has 1 aromatic carbocycles. The molecule has 2 heterocycles. The van der Waals surface area contributed by atoms with Gasteiger partial charge in [0.25, 0.3) is 0 Å². The molecule has 2 saturated heterocycles. The number of likely N-dealkylation sites (tertiary alicyclic amines) is 1. The van der Waals surface area contributed by atoms with E-state index in [4.69, 9.17) is 4.74 Å². The van der Waals surface area contributed by atoms with Gasteiger partial charge in [-0.3, -0.25) is 4.79 Å². The Bertz CT molecular complexity index is 718. The summed E-state index contributed by atoms with van der Waals surface area (Å²) in [5, 5.41) is 3.59. The predicted molar refractivity (Wildman–Crippen MR) is 100 cm³/mol. The van der Waals surface area contributed by atoms with Crippen LogP contribution in [0, 0.1) is 0 Å². The van der Waals surface area contributed by atoms with E-state index in [9.17, 15) is 13.2 Å². The van der Waals surface area contributed by atoms with E-state index in [1.807, 2.05) is 4.90 Å². The Balaban J connectivity index is 1.34. The van der Waals surface area contributed by atoms with Gasteiger partial charge in [-0.1, -0.05) is 0 Å². The Labute approximate surface area is 155 Å². The number of amides is 1. The van der Waals surface area contributed by atoms with Crippen LogP contribution in [0.2, 0.25) is 0 Å². The summed E-state index contributed by atoms with van der Waals surface area (Å²) in [5.41, 5.74) is 0. The summed E-state index contributed by atoms with van der Waals surface area (Å²) < 4.78 is 28.5. The number of fused-ring (bicyclic) bond motifs is 2. The molecular weight excluding hydrogens is 352 g/mol. The smallest absolute Gasteiger partial charge is 0.222 e. The Morgan fingerprint density at radius 1 is 1.15 bits per heavy atom. The minimum atomic E-state index is -3.18. The van der Waals surface area contributed by atoms with Gasteiger partial charge in [-0.05, 0) is 56.4 Å². The van der Waals surface area contributed by atoms with Crippen LogP contribution in [0.15, 0.2) is 29.2 Å². The highest BCUT2D eigenvalue weighted by molar-refractivity contribution is 7.90. The fourth-order valence-corrected chi connectivity index (χ4v) is 4.31. The van der Waals surface area contributed by atoms with Crippen LogP contribution < -0.4 is 10.1 Å². The molecule has 2 unspecified atom stereocenters. The average Bonchev–Trinajstić information content (AvgIpc) is 2.93. The largest absolute Gasteiger partial charge is 0.494 e. The first-order valence-electron chi connectivity index (χ1n) is 9.38. The SMILES string of the molecule is CS(=O)(=O)c1ccc(OCCCCC(=O)N2CCC3CCC(C2)N3)cc1. The van der Waals surface area contributed by atoms with Crippen molar-refractivity contribution < 1.29 is 17.9 Å². The number of carbonyl (C=O) groups excluding carboxylic acids is 1. The lowest BCUT2D eigenvalue weighted by Crippen LogP contribution is -2.38. The van der Waals surface area contributed by atoms with Crippen LogP contribution in [0.4, 0.5) is 0 Å². The van der Waals surface area contributed by atoms with Crippen molar-refractivity contribution >= 4 is 15.7 Å². The molecule has 2 fully saturated rings. The number of carbonyl (C=O) groups is 1. The number of sulfone groups is 1. The molecule has 0 aliphatic carbocycles. The quantitative estimate of drug-likeness (QED) is 0.732. The van der Waals surface area contributed by atoms with Crippen molar-refractivity contribution in [3.63, 3.8) is 0 Å². The minimum Gasteiger partial charge on any atom is -0.494 e. The topological polar surface area (TPSA) is 75.7 Å². The van der Waals surface area contributed by atoms with E-state index in [0.29, 0.717) is 30.9 Å². The molecule has 26 heavy (non-hydrogen) atoms. The molecule has 2 atom stereocenters. The maximum absolute atomic E-state index is 12.4. The van der Waals surface area contributed by atoms with Crippen molar-refractivity contribution in [1.29, 1.82) is 0 Å². The number of hydrogen-bond acceptors (Lipinski definition) is 5. The Morgan fingerprint density at radius 3 is 2.62 bits per heavy atom. The molecular formula is C19H28N2O4S. The molecule has 0 spiro atoms. The third-order valence-corrected chi connectivity index (χ3v) is 6.31. The third-order valence-electron chi connectivity index (χ3n) is 5.18. The van der Waals surface area contributed by atoms with E-state index >= 15 is 0 Å². The molecule has 0 saturated carbocycles. The van der Waals surface area contributed by atoms with Crippen LogP contribution in [0.1, 0.15) is 38.5 Å². The number of nitrogens with one attached hydrogen (secondary N) is 1. The molecule has 3 rings (SSSR count). The number of ether oxygens (including phenoxy) is 1. The summed E-state index contributed by atoms with van der Waals surface area (Å²) in [6.45, 7) is 2.24. The van der Waals surface area contributed by atoms with Crippen molar-refractivity contribution in [2.75, 3.05) is 26.0 Å². The van der Waals surface area contributed by atoms with E-state index in [2.05, 4.69) is 5.32 Å². The first-order chi connectivity index (χ1) is 12.4. The standard InChI is InChI=1S/C19H28N2O4S/c1-26(23,24)18-9-7-17(8-10-18)25-13-3-2-4-19(22)21-12-11-15-5-6-16(14-21)20-15/h7-10,15-16,20H,2-6,11-14H2,1H3. The van der Waals surface area contributed by atoms with E-state index in [0.717, 1.165) is 32.4 Å². The van der Waals surface area contributed by atoms with Gasteiger partial charge in [0, 0.05) is 37.8 Å². The zero-order valence-electron chi connectivity index (χ0n) is 15.3. The van der Waals surface area contributed by atoms with Gasteiger partial charge in [-0.2, -0.15) is 0 Å². The normalized spacial score (nSPS) is 22.9. The fraction of sp³-hybridized carbons (Fsp3) is 0.632. The molecule has 2 aliphatic heterocycles. The van der Waals surface area contributed by atoms with Crippen molar-refractivity contribution in [2.24, 2.45) is 0 Å². The molecule has 7 heteroatoms. The lowest BCUT2D eigenvalue weighted by molar-refractivity contribution is -0.131. The van der Waals surface area contributed by atoms with Gasteiger partial charge < -0.3 is 15.0 Å². The van der Waals surface area contributed by atoms with Gasteiger partial charge in [0.2, 0.25) is 5.91 Å². The molecule has 144 valence electrons. The summed E-state index contributed by atoms with van der Waals surface area (Å²) in [6.07, 6.45) is 6.85. The van der Waals surface area contributed by atoms with Gasteiger partial charge in [-0.25, -0.2) is 8.42 Å². The molecule has 6 nitrogen and oxygen atoms in total. The summed E-state index contributed by atoms with van der Waals surface area (Å²) >= 11 is 0. The molecule has 0 radical (unpaired) electrons. The predicted octanol–water partition coefficient (Wildman–Crippen LogP) is 1.99. The second-order valence-electron chi connectivity index (χ2n) is 7.32. The summed E-state index contributed by atoms with van der Waals surface area (Å²) in [4.78, 5) is 14.7. The summed E-state index contributed by atoms with van der Waals surface area (Å²) in [5.74, 6) is 0.898. The maximum Gasteiger partial charge on any atom is 0.222 e. The van der Waals surface area contributed by atoms with Crippen LogP contribution in [-0.2, 0) is 14.6 Å². The number of rotatable bonds is 7. The van der Waals surface area contributed by atoms with E-state index < -0.39 is 9.84 Å². The van der Waals surface area contributed by atoms with Crippen LogP contribution in [0.3, 0.4) is 0 Å². The molecule has 2 bridgehead atoms. The van der Waals surface area contributed by atoms with Crippen LogP contribution in [-0.4, -0.2) is 57.3 Å². The zero-order chi connectivity index (χ0) is 18.6. The first kappa shape index (κ1) is 19.2. The molecule has 2 aliphatic rings. The van der Waals surface area contributed by atoms with Crippen LogP contribution in [0.5, 0.6) is 5.75 Å². The molecule has 0 aromatic heterocycles. The van der Waals surface area contributed by atoms with Crippen molar-refractivity contribution in [1.82, 2.24) is 10.2 Å². The Morgan fingerprint density at radius 2 is 1.88 bits per heavy atom. The summed E-state index contributed by atoms with van der Waals surface area (Å²) in [6, 6.07) is 7.51. The number of unbranched alkanes of at least 4 members (excludes halogenated alkanes) is 1. The zero-order valence-corrected chi connectivity index (χ0v) is 16.1. The lowest BCUT2D eigenvalue weighted by Gasteiger charge is -2.24. The summed E-state index contributed by atoms with van der Waals surface area (Å²) in [7, 11) is -3.18. The Kier molecular flexibility index (Phi) is 6.19. The van der Waals surface area contributed by atoms with Gasteiger partial charge in [0.1, 0.15) is 5.75 Å². The van der Waals surface area contributed by atoms with Crippen LogP contribution >= 0.6 is 0 Å². The lowest BCUT2D eigenvalue weighted by atomic mass is 10.1. The first-order valence-corrected chi connectivity index (χ1v) is 11.3. The van der Waals surface area contributed by atoms with Gasteiger partial charge in [-0.15, -0.1) is 0 Å². The van der Waals surface area contributed by atoms with Gasteiger partial charge >= 0.3 is 0 Å². The highest BCUT2D eigenvalue weighted by atomic mass is 32.2. The molecule has 1 N–H and O–H groups in total.